The Morgan fingerprint density at radius 3 is 2.73 bits per heavy atom. The molecular formula is C17H14Br2N4O2S. The van der Waals surface area contributed by atoms with Crippen molar-refractivity contribution in [3.8, 4) is 5.69 Å². The van der Waals surface area contributed by atoms with Crippen LogP contribution in [0.1, 0.15) is 17.2 Å². The van der Waals surface area contributed by atoms with Crippen molar-refractivity contribution < 1.29 is 8.42 Å². The van der Waals surface area contributed by atoms with Gasteiger partial charge in [0.25, 0.3) is 0 Å². The normalized spacial score (nSPS) is 13.3. The van der Waals surface area contributed by atoms with Crippen molar-refractivity contribution in [2.75, 3.05) is 0 Å². The number of hydrogen-bond donors (Lipinski definition) is 1. The fourth-order valence-corrected chi connectivity index (χ4v) is 5.50. The molecule has 2 aromatic carbocycles. The molecule has 1 N–H and O–H groups in total. The highest BCUT2D eigenvalue weighted by Gasteiger charge is 2.23. The van der Waals surface area contributed by atoms with E-state index in [0.29, 0.717) is 14.8 Å². The van der Waals surface area contributed by atoms with Crippen molar-refractivity contribution in [1.82, 2.24) is 19.5 Å². The quantitative estimate of drug-likeness (QED) is 0.599. The van der Waals surface area contributed by atoms with Gasteiger partial charge in [-0.2, -0.15) is 0 Å². The van der Waals surface area contributed by atoms with Crippen LogP contribution in [0.5, 0.6) is 0 Å². The summed E-state index contributed by atoms with van der Waals surface area (Å²) in [5.74, 6) is 1.42. The summed E-state index contributed by atoms with van der Waals surface area (Å²) in [7, 11) is -3.70. The van der Waals surface area contributed by atoms with Gasteiger partial charge in [-0.15, -0.1) is 10.2 Å². The van der Waals surface area contributed by atoms with Crippen LogP contribution in [-0.4, -0.2) is 23.2 Å². The van der Waals surface area contributed by atoms with Gasteiger partial charge in [0.05, 0.1) is 17.1 Å². The summed E-state index contributed by atoms with van der Waals surface area (Å²) in [4.78, 5) is 0.172. The lowest BCUT2D eigenvalue weighted by atomic mass is 10.0. The molecule has 4 rings (SSSR count). The van der Waals surface area contributed by atoms with Crippen LogP contribution in [0.2, 0.25) is 0 Å². The zero-order chi connectivity index (χ0) is 18.3. The highest BCUT2D eigenvalue weighted by Crippen LogP contribution is 2.27. The molecule has 0 atom stereocenters. The molecule has 1 aliphatic heterocycles. The fraction of sp³-hybridized carbons (Fsp3) is 0.176. The molecule has 6 nitrogen and oxygen atoms in total. The monoisotopic (exact) mass is 496 g/mol. The summed E-state index contributed by atoms with van der Waals surface area (Å²) in [6.45, 7) is 0.0582. The van der Waals surface area contributed by atoms with Gasteiger partial charge >= 0.3 is 0 Å². The van der Waals surface area contributed by atoms with Gasteiger partial charge in [-0.1, -0.05) is 34.1 Å². The lowest BCUT2D eigenvalue weighted by Gasteiger charge is -2.19. The van der Waals surface area contributed by atoms with E-state index in [4.69, 9.17) is 0 Å². The number of sulfonamides is 1. The molecule has 0 amide bonds. The van der Waals surface area contributed by atoms with E-state index in [9.17, 15) is 8.42 Å². The molecule has 2 heterocycles. The molecule has 9 heteroatoms. The average molecular weight is 498 g/mol. The number of benzene rings is 2. The maximum Gasteiger partial charge on any atom is 0.242 e. The van der Waals surface area contributed by atoms with Crippen LogP contribution < -0.4 is 4.72 Å². The summed E-state index contributed by atoms with van der Waals surface area (Å²) in [5, 5.41) is 8.42. The molecule has 0 saturated carbocycles. The van der Waals surface area contributed by atoms with Crippen molar-refractivity contribution in [1.29, 1.82) is 0 Å². The minimum Gasteiger partial charge on any atom is -0.282 e. The molecule has 0 unspecified atom stereocenters. The highest BCUT2D eigenvalue weighted by molar-refractivity contribution is 9.11. The number of nitrogens with one attached hydrogen (secondary N) is 1. The van der Waals surface area contributed by atoms with Gasteiger partial charge in [-0.3, -0.25) is 4.57 Å². The number of para-hydroxylation sites is 1. The van der Waals surface area contributed by atoms with E-state index in [1.165, 1.54) is 5.56 Å². The van der Waals surface area contributed by atoms with E-state index >= 15 is 0 Å². The number of aromatic nitrogens is 3. The van der Waals surface area contributed by atoms with Crippen LogP contribution in [0.3, 0.4) is 0 Å². The van der Waals surface area contributed by atoms with E-state index in [0.717, 1.165) is 24.4 Å². The van der Waals surface area contributed by atoms with Gasteiger partial charge in [0, 0.05) is 15.4 Å². The van der Waals surface area contributed by atoms with Crippen LogP contribution in [-0.2, 0) is 29.4 Å². The SMILES string of the molecule is O=S(=O)(NCc1nnc2n1-c1ccccc1CC2)c1cc(Br)ccc1Br. The molecular weight excluding hydrogens is 484 g/mol. The third-order valence-electron chi connectivity index (χ3n) is 4.25. The van der Waals surface area contributed by atoms with Crippen molar-refractivity contribution in [3.05, 3.63) is 68.6 Å². The zero-order valence-corrected chi connectivity index (χ0v) is 17.5. The lowest BCUT2D eigenvalue weighted by Crippen LogP contribution is -2.26. The second kappa shape index (κ2) is 6.88. The smallest absolute Gasteiger partial charge is 0.242 e. The van der Waals surface area contributed by atoms with Crippen LogP contribution in [0.25, 0.3) is 5.69 Å². The highest BCUT2D eigenvalue weighted by atomic mass is 79.9. The Morgan fingerprint density at radius 1 is 1.08 bits per heavy atom. The van der Waals surface area contributed by atoms with E-state index in [-0.39, 0.29) is 11.4 Å². The minimum absolute atomic E-state index is 0.0582. The van der Waals surface area contributed by atoms with Gasteiger partial charge in [0.15, 0.2) is 5.82 Å². The molecule has 0 saturated heterocycles. The molecule has 1 aliphatic rings. The molecule has 26 heavy (non-hydrogen) atoms. The standard InChI is InChI=1S/C17H14Br2N4O2S/c18-12-6-7-13(19)15(9-12)26(24,25)20-10-17-22-21-16-8-5-11-3-1-2-4-14(11)23(16)17/h1-4,6-7,9,20H,5,8,10H2. The first-order chi connectivity index (χ1) is 12.5. The minimum atomic E-state index is -3.70. The summed E-state index contributed by atoms with van der Waals surface area (Å²) < 4.78 is 31.1. The predicted octanol–water partition coefficient (Wildman–Crippen LogP) is 3.37. The molecule has 134 valence electrons. The Balaban J connectivity index is 1.65. The van der Waals surface area contributed by atoms with Gasteiger partial charge in [-0.25, -0.2) is 13.1 Å². The van der Waals surface area contributed by atoms with Crippen molar-refractivity contribution in [2.45, 2.75) is 24.3 Å². The number of halogens is 2. The molecule has 0 bridgehead atoms. The van der Waals surface area contributed by atoms with E-state index in [2.05, 4.69) is 52.8 Å². The van der Waals surface area contributed by atoms with Crippen molar-refractivity contribution >= 4 is 41.9 Å². The largest absolute Gasteiger partial charge is 0.282 e. The second-order valence-corrected chi connectivity index (χ2v) is 9.40. The topological polar surface area (TPSA) is 76.9 Å². The fourth-order valence-electron chi connectivity index (χ4n) is 3.02. The first-order valence-electron chi connectivity index (χ1n) is 7.92. The molecule has 0 aliphatic carbocycles. The lowest BCUT2D eigenvalue weighted by molar-refractivity contribution is 0.577. The maximum absolute atomic E-state index is 12.7. The maximum atomic E-state index is 12.7. The Bertz CT molecular complexity index is 1100. The van der Waals surface area contributed by atoms with Gasteiger partial charge in [0.2, 0.25) is 10.0 Å². The van der Waals surface area contributed by atoms with Crippen molar-refractivity contribution in [2.24, 2.45) is 0 Å². The summed E-state index contributed by atoms with van der Waals surface area (Å²) in [6.07, 6.45) is 1.69. The van der Waals surface area contributed by atoms with Crippen LogP contribution in [0.4, 0.5) is 0 Å². The molecule has 1 aromatic heterocycles. The Labute approximate surface area is 168 Å². The molecule has 0 spiro atoms. The summed E-state index contributed by atoms with van der Waals surface area (Å²) >= 11 is 6.60. The van der Waals surface area contributed by atoms with Gasteiger partial charge < -0.3 is 0 Å². The number of aryl methyl sites for hydroxylation is 2. The summed E-state index contributed by atoms with van der Waals surface area (Å²) in [5.41, 5.74) is 2.22. The Morgan fingerprint density at radius 2 is 1.88 bits per heavy atom. The first kappa shape index (κ1) is 17.8. The molecule has 0 fully saturated rings. The summed E-state index contributed by atoms with van der Waals surface area (Å²) in [6, 6.07) is 13.1. The second-order valence-electron chi connectivity index (χ2n) is 5.90. The van der Waals surface area contributed by atoms with Gasteiger partial charge in [-0.05, 0) is 52.2 Å². The first-order valence-corrected chi connectivity index (χ1v) is 11.0. The Hall–Kier alpha value is -1.55. The third-order valence-corrected chi connectivity index (χ3v) is 7.14. The van der Waals surface area contributed by atoms with Crippen molar-refractivity contribution in [3.63, 3.8) is 0 Å². The molecule has 3 aromatic rings. The van der Waals surface area contributed by atoms with E-state index < -0.39 is 10.0 Å². The van der Waals surface area contributed by atoms with Crippen LogP contribution in [0.15, 0.2) is 56.3 Å². The number of hydrogen-bond acceptors (Lipinski definition) is 4. The number of fused-ring (bicyclic) bond motifs is 3. The zero-order valence-electron chi connectivity index (χ0n) is 13.5. The van der Waals surface area contributed by atoms with E-state index in [1.807, 2.05) is 22.8 Å². The van der Waals surface area contributed by atoms with E-state index in [1.54, 1.807) is 18.2 Å². The van der Waals surface area contributed by atoms with Crippen LogP contribution >= 0.6 is 31.9 Å². The predicted molar refractivity (Wildman–Crippen MR) is 105 cm³/mol. The van der Waals surface area contributed by atoms with Crippen LogP contribution in [0, 0.1) is 0 Å². The average Bonchev–Trinajstić information content (AvgIpc) is 3.06. The molecule has 0 radical (unpaired) electrons. The third kappa shape index (κ3) is 3.24. The Kier molecular flexibility index (Phi) is 4.72. The van der Waals surface area contributed by atoms with Gasteiger partial charge in [0.1, 0.15) is 5.82 Å². The number of rotatable bonds is 4. The number of nitrogens with zero attached hydrogens (tertiary/aromatic N) is 3.